The summed E-state index contributed by atoms with van der Waals surface area (Å²) in [5.74, 6) is -0.288. The molecule has 2 amide bonds. The first-order chi connectivity index (χ1) is 11.8. The lowest BCUT2D eigenvalue weighted by Gasteiger charge is -2.23. The van der Waals surface area contributed by atoms with Crippen molar-refractivity contribution in [1.29, 1.82) is 0 Å². The van der Waals surface area contributed by atoms with Crippen molar-refractivity contribution < 1.29 is 14.3 Å². The van der Waals surface area contributed by atoms with Gasteiger partial charge >= 0.3 is 6.09 Å². The number of hydrogen-bond donors (Lipinski definition) is 3. The van der Waals surface area contributed by atoms with Crippen LogP contribution in [0.5, 0.6) is 0 Å². The Kier molecular flexibility index (Phi) is 6.16. The Hall–Kier alpha value is -2.83. The van der Waals surface area contributed by atoms with Gasteiger partial charge in [0.15, 0.2) is 0 Å². The molecule has 1 heterocycles. The van der Waals surface area contributed by atoms with Gasteiger partial charge in [-0.3, -0.25) is 4.79 Å². The molecule has 1 aromatic heterocycles. The van der Waals surface area contributed by atoms with Gasteiger partial charge in [-0.2, -0.15) is 0 Å². The van der Waals surface area contributed by atoms with Crippen molar-refractivity contribution >= 4 is 12.0 Å². The summed E-state index contributed by atoms with van der Waals surface area (Å²) < 4.78 is 5.24. The molecule has 2 rings (SSSR count). The van der Waals surface area contributed by atoms with E-state index in [0.717, 1.165) is 11.3 Å². The summed E-state index contributed by atoms with van der Waals surface area (Å²) >= 11 is 0. The second-order valence-corrected chi connectivity index (χ2v) is 6.68. The van der Waals surface area contributed by atoms with E-state index >= 15 is 0 Å². The van der Waals surface area contributed by atoms with Gasteiger partial charge in [-0.05, 0) is 26.3 Å². The van der Waals surface area contributed by atoms with Crippen molar-refractivity contribution in [3.05, 3.63) is 54.1 Å². The van der Waals surface area contributed by atoms with Crippen LogP contribution in [0.15, 0.2) is 42.9 Å². The van der Waals surface area contributed by atoms with Gasteiger partial charge in [0.1, 0.15) is 11.6 Å². The largest absolute Gasteiger partial charge is 0.444 e. The van der Waals surface area contributed by atoms with E-state index in [1.165, 1.54) is 6.33 Å². The summed E-state index contributed by atoms with van der Waals surface area (Å²) in [7, 11) is 0. The summed E-state index contributed by atoms with van der Waals surface area (Å²) in [6.45, 7) is 5.69. The maximum absolute atomic E-state index is 12.5. The minimum atomic E-state index is -0.765. The zero-order chi connectivity index (χ0) is 18.3. The van der Waals surface area contributed by atoms with Crippen molar-refractivity contribution in [3.63, 3.8) is 0 Å². The molecule has 1 atom stereocenters. The highest BCUT2D eigenvalue weighted by Crippen LogP contribution is 2.08. The molecule has 0 bridgehead atoms. The van der Waals surface area contributed by atoms with Gasteiger partial charge in [-0.1, -0.05) is 30.3 Å². The molecule has 2 aromatic rings. The highest BCUT2D eigenvalue weighted by Gasteiger charge is 2.25. The number of imidazole rings is 1. The first-order valence-corrected chi connectivity index (χ1v) is 8.12. The Morgan fingerprint density at radius 3 is 2.56 bits per heavy atom. The highest BCUT2D eigenvalue weighted by atomic mass is 16.6. The number of carbonyl (C=O) groups excluding carboxylic acids is 2. The topological polar surface area (TPSA) is 96.1 Å². The van der Waals surface area contributed by atoms with Gasteiger partial charge in [-0.25, -0.2) is 9.78 Å². The fourth-order valence-electron chi connectivity index (χ4n) is 2.18. The summed E-state index contributed by atoms with van der Waals surface area (Å²) in [6.07, 6.45) is 2.81. The molecule has 134 valence electrons. The van der Waals surface area contributed by atoms with Crippen LogP contribution in [-0.4, -0.2) is 33.6 Å². The molecule has 0 fully saturated rings. The van der Waals surface area contributed by atoms with Crippen molar-refractivity contribution in [2.75, 3.05) is 0 Å². The maximum Gasteiger partial charge on any atom is 0.408 e. The Bertz CT molecular complexity index is 678. The molecule has 7 heteroatoms. The zero-order valence-electron chi connectivity index (χ0n) is 14.7. The molecular weight excluding hydrogens is 320 g/mol. The second-order valence-electron chi connectivity index (χ2n) is 6.68. The van der Waals surface area contributed by atoms with E-state index in [1.54, 1.807) is 27.0 Å². The SMILES string of the molecule is CC(C)(C)OC(=O)NC(Cc1cnc[nH]1)C(=O)NCc1ccccc1. The van der Waals surface area contributed by atoms with E-state index in [2.05, 4.69) is 20.6 Å². The van der Waals surface area contributed by atoms with Crippen LogP contribution in [0, 0.1) is 0 Å². The lowest BCUT2D eigenvalue weighted by molar-refractivity contribution is -0.123. The van der Waals surface area contributed by atoms with Crippen molar-refractivity contribution in [2.24, 2.45) is 0 Å². The maximum atomic E-state index is 12.5. The van der Waals surface area contributed by atoms with Crippen LogP contribution in [0.4, 0.5) is 4.79 Å². The third-order valence-electron chi connectivity index (χ3n) is 3.30. The first kappa shape index (κ1) is 18.5. The van der Waals surface area contributed by atoms with Crippen molar-refractivity contribution in [2.45, 2.75) is 45.4 Å². The predicted molar refractivity (Wildman–Crippen MR) is 93.7 cm³/mol. The molecule has 0 spiro atoms. The molecule has 0 aliphatic carbocycles. The average molecular weight is 344 g/mol. The number of H-pyrrole nitrogens is 1. The molecule has 0 saturated carbocycles. The molecule has 25 heavy (non-hydrogen) atoms. The lowest BCUT2D eigenvalue weighted by atomic mass is 10.1. The fourth-order valence-corrected chi connectivity index (χ4v) is 2.18. The monoisotopic (exact) mass is 344 g/mol. The molecule has 0 saturated heterocycles. The van der Waals surface area contributed by atoms with E-state index < -0.39 is 17.7 Å². The van der Waals surface area contributed by atoms with E-state index in [0.29, 0.717) is 13.0 Å². The molecule has 0 aliphatic heterocycles. The molecule has 1 aromatic carbocycles. The predicted octanol–water partition coefficient (Wildman–Crippen LogP) is 2.16. The third-order valence-corrected chi connectivity index (χ3v) is 3.30. The summed E-state index contributed by atoms with van der Waals surface area (Å²) in [5, 5.41) is 5.46. The number of amides is 2. The summed E-state index contributed by atoms with van der Waals surface area (Å²) in [5.41, 5.74) is 1.09. The first-order valence-electron chi connectivity index (χ1n) is 8.12. The quantitative estimate of drug-likeness (QED) is 0.748. The van der Waals surface area contributed by atoms with Gasteiger partial charge in [0, 0.05) is 24.9 Å². The Labute approximate surface area is 147 Å². The van der Waals surface area contributed by atoms with Crippen LogP contribution in [0.1, 0.15) is 32.0 Å². The van der Waals surface area contributed by atoms with Crippen LogP contribution in [0.3, 0.4) is 0 Å². The van der Waals surface area contributed by atoms with Gasteiger partial charge in [0.05, 0.1) is 6.33 Å². The minimum Gasteiger partial charge on any atom is -0.444 e. The van der Waals surface area contributed by atoms with Crippen LogP contribution in [0.25, 0.3) is 0 Å². The van der Waals surface area contributed by atoms with Crippen LogP contribution >= 0.6 is 0 Å². The van der Waals surface area contributed by atoms with Gasteiger partial charge in [-0.15, -0.1) is 0 Å². The molecular formula is C18H24N4O3. The fraction of sp³-hybridized carbons (Fsp3) is 0.389. The van der Waals surface area contributed by atoms with Crippen molar-refractivity contribution in [3.8, 4) is 0 Å². The molecule has 0 radical (unpaired) electrons. The molecule has 1 unspecified atom stereocenters. The molecule has 3 N–H and O–H groups in total. The van der Waals surface area contributed by atoms with Crippen molar-refractivity contribution in [1.82, 2.24) is 20.6 Å². The van der Waals surface area contributed by atoms with E-state index in [-0.39, 0.29) is 5.91 Å². The minimum absolute atomic E-state index is 0.288. The second kappa shape index (κ2) is 8.32. The Balaban J connectivity index is 1.99. The normalized spacial score (nSPS) is 12.3. The number of nitrogens with one attached hydrogen (secondary N) is 3. The number of aromatic nitrogens is 2. The molecule has 0 aliphatic rings. The van der Waals surface area contributed by atoms with E-state index in [9.17, 15) is 9.59 Å². The number of aromatic amines is 1. The Morgan fingerprint density at radius 2 is 1.96 bits per heavy atom. The number of alkyl carbamates (subject to hydrolysis) is 1. The van der Waals surface area contributed by atoms with Crippen LogP contribution in [0.2, 0.25) is 0 Å². The van der Waals surface area contributed by atoms with Crippen LogP contribution in [-0.2, 0) is 22.5 Å². The number of hydrogen-bond acceptors (Lipinski definition) is 4. The summed E-state index contributed by atoms with van der Waals surface area (Å²) in [6, 6.07) is 8.80. The van der Waals surface area contributed by atoms with E-state index in [4.69, 9.17) is 4.74 Å². The highest BCUT2D eigenvalue weighted by molar-refractivity contribution is 5.85. The van der Waals surface area contributed by atoms with Crippen LogP contribution < -0.4 is 10.6 Å². The number of rotatable bonds is 6. The van der Waals surface area contributed by atoms with Gasteiger partial charge in [0.2, 0.25) is 5.91 Å². The number of ether oxygens (including phenoxy) is 1. The number of carbonyl (C=O) groups is 2. The standard InChI is InChI=1S/C18H24N4O3/c1-18(2,3)25-17(24)22-15(9-14-11-19-12-21-14)16(23)20-10-13-7-5-4-6-8-13/h4-8,11-12,15H,9-10H2,1-3H3,(H,19,21)(H,20,23)(H,22,24). The number of nitrogens with zero attached hydrogens (tertiary/aromatic N) is 1. The average Bonchev–Trinajstić information content (AvgIpc) is 3.04. The third kappa shape index (κ3) is 6.66. The summed E-state index contributed by atoms with van der Waals surface area (Å²) in [4.78, 5) is 31.4. The van der Waals surface area contributed by atoms with Gasteiger partial charge in [0.25, 0.3) is 0 Å². The Morgan fingerprint density at radius 1 is 1.24 bits per heavy atom. The number of benzene rings is 1. The van der Waals surface area contributed by atoms with Gasteiger partial charge < -0.3 is 20.4 Å². The molecule has 7 nitrogen and oxygen atoms in total. The smallest absolute Gasteiger partial charge is 0.408 e. The lowest BCUT2D eigenvalue weighted by Crippen LogP contribution is -2.49. The zero-order valence-corrected chi connectivity index (χ0v) is 14.7. The van der Waals surface area contributed by atoms with E-state index in [1.807, 2.05) is 30.3 Å².